The molecule has 3 N–H and O–H groups in total. The lowest BCUT2D eigenvalue weighted by molar-refractivity contribution is -0.122. The van der Waals surface area contributed by atoms with E-state index < -0.39 is 28.0 Å². The van der Waals surface area contributed by atoms with Crippen molar-refractivity contribution in [1.82, 2.24) is 5.32 Å². The van der Waals surface area contributed by atoms with E-state index in [0.29, 0.717) is 6.42 Å². The van der Waals surface area contributed by atoms with E-state index in [1.54, 1.807) is 6.08 Å². The van der Waals surface area contributed by atoms with Crippen LogP contribution in [0.2, 0.25) is 0 Å². The van der Waals surface area contributed by atoms with Crippen molar-refractivity contribution in [2.75, 3.05) is 5.75 Å². The molecule has 2 atom stereocenters. The molecule has 0 aromatic carbocycles. The van der Waals surface area contributed by atoms with Gasteiger partial charge < -0.3 is 10.4 Å². The molecule has 7 heteroatoms. The zero-order valence-corrected chi connectivity index (χ0v) is 36.2. The Balaban J connectivity index is 3.79. The number of carbonyl (C=O) groups excluding carboxylic acids is 1. The Morgan fingerprint density at radius 1 is 0.491 bits per heavy atom. The first kappa shape index (κ1) is 52.1. The second kappa shape index (κ2) is 40.7. The van der Waals surface area contributed by atoms with Gasteiger partial charge in [-0.25, -0.2) is 0 Å². The lowest BCUT2D eigenvalue weighted by Crippen LogP contribution is -2.46. The molecule has 0 heterocycles. The van der Waals surface area contributed by atoms with Crippen molar-refractivity contribution >= 4 is 16.0 Å². The van der Waals surface area contributed by atoms with Gasteiger partial charge in [0, 0.05) is 6.42 Å². The number of aliphatic hydroxyl groups excluding tert-OH is 1. The fraction of sp³-hybridized carbons (Fsp3) is 0.935. The highest BCUT2D eigenvalue weighted by Gasteiger charge is 2.24. The Morgan fingerprint density at radius 3 is 1.08 bits per heavy atom. The number of amides is 1. The van der Waals surface area contributed by atoms with Crippen molar-refractivity contribution in [3.63, 3.8) is 0 Å². The molecule has 0 aliphatic heterocycles. The Hall–Kier alpha value is -0.920. The Morgan fingerprint density at radius 2 is 0.774 bits per heavy atom. The van der Waals surface area contributed by atoms with Crippen molar-refractivity contribution < 1.29 is 22.9 Å². The largest absolute Gasteiger partial charge is 0.387 e. The van der Waals surface area contributed by atoms with E-state index >= 15 is 0 Å². The maximum absolute atomic E-state index is 12.6. The fourth-order valence-electron chi connectivity index (χ4n) is 7.45. The maximum Gasteiger partial charge on any atom is 0.267 e. The van der Waals surface area contributed by atoms with E-state index in [2.05, 4.69) is 19.2 Å². The van der Waals surface area contributed by atoms with Gasteiger partial charge in [-0.1, -0.05) is 244 Å². The molecule has 6 nitrogen and oxygen atoms in total. The lowest BCUT2D eigenvalue weighted by Gasteiger charge is -2.21. The van der Waals surface area contributed by atoms with Crippen molar-refractivity contribution in [2.45, 2.75) is 270 Å². The Bertz CT molecular complexity index is 892. The molecule has 2 unspecified atom stereocenters. The van der Waals surface area contributed by atoms with Gasteiger partial charge in [0.15, 0.2) is 0 Å². The lowest BCUT2D eigenvalue weighted by atomic mass is 10.0. The van der Waals surface area contributed by atoms with Crippen LogP contribution >= 0.6 is 0 Å². The minimum Gasteiger partial charge on any atom is -0.387 e. The van der Waals surface area contributed by atoms with Gasteiger partial charge in [0.2, 0.25) is 5.91 Å². The summed E-state index contributed by atoms with van der Waals surface area (Å²) >= 11 is 0. The van der Waals surface area contributed by atoms with Gasteiger partial charge in [0.05, 0.1) is 17.9 Å². The second-order valence-electron chi connectivity index (χ2n) is 16.4. The minimum atomic E-state index is -4.34. The number of unbranched alkanes of at least 4 members (excludes halogenated alkanes) is 35. The predicted octanol–water partition coefficient (Wildman–Crippen LogP) is 14.1. The Kier molecular flexibility index (Phi) is 40.0. The van der Waals surface area contributed by atoms with Gasteiger partial charge in [-0.2, -0.15) is 8.42 Å². The monoisotopic (exact) mass is 770 g/mol. The molecule has 316 valence electrons. The molecule has 0 radical (unpaired) electrons. The molecule has 0 aliphatic rings. The zero-order chi connectivity index (χ0) is 38.9. The third-order valence-electron chi connectivity index (χ3n) is 11.0. The first-order chi connectivity index (χ1) is 25.8. The molecular formula is C46H91NO5S. The average molecular weight is 770 g/mol. The highest BCUT2D eigenvalue weighted by atomic mass is 32.2. The topological polar surface area (TPSA) is 104 Å². The number of hydrogen-bond acceptors (Lipinski definition) is 4. The van der Waals surface area contributed by atoms with Gasteiger partial charge >= 0.3 is 0 Å². The number of hydrogen-bond donors (Lipinski definition) is 3. The van der Waals surface area contributed by atoms with Gasteiger partial charge in [0.25, 0.3) is 10.1 Å². The van der Waals surface area contributed by atoms with E-state index in [1.807, 2.05) is 6.08 Å². The van der Waals surface area contributed by atoms with Crippen LogP contribution in [-0.2, 0) is 14.9 Å². The van der Waals surface area contributed by atoms with E-state index in [9.17, 15) is 22.9 Å². The summed E-state index contributed by atoms with van der Waals surface area (Å²) in [6.45, 7) is 4.55. The molecule has 0 saturated heterocycles. The van der Waals surface area contributed by atoms with Crippen LogP contribution < -0.4 is 5.32 Å². The summed E-state index contributed by atoms with van der Waals surface area (Å²) in [6, 6.07) is -1.05. The molecule has 53 heavy (non-hydrogen) atoms. The van der Waals surface area contributed by atoms with E-state index in [-0.39, 0.29) is 5.91 Å². The van der Waals surface area contributed by atoms with Gasteiger partial charge in [0.1, 0.15) is 0 Å². The molecule has 0 spiro atoms. The van der Waals surface area contributed by atoms with Crippen molar-refractivity contribution in [3.05, 3.63) is 12.2 Å². The smallest absolute Gasteiger partial charge is 0.267 e. The van der Waals surface area contributed by atoms with Crippen LogP contribution in [0.4, 0.5) is 0 Å². The maximum atomic E-state index is 12.6. The van der Waals surface area contributed by atoms with Crippen LogP contribution in [0.15, 0.2) is 12.2 Å². The number of allylic oxidation sites excluding steroid dienone is 1. The third kappa shape index (κ3) is 42.1. The van der Waals surface area contributed by atoms with Crippen molar-refractivity contribution in [1.29, 1.82) is 0 Å². The molecule has 0 rings (SSSR count). The summed E-state index contributed by atoms with van der Waals surface area (Å²) < 4.78 is 32.6. The normalized spacial score (nSPS) is 13.2. The van der Waals surface area contributed by atoms with Gasteiger partial charge in [-0.15, -0.1) is 0 Å². The Labute approximate surface area is 331 Å². The highest BCUT2D eigenvalue weighted by Crippen LogP contribution is 2.17. The summed E-state index contributed by atoms with van der Waals surface area (Å²) in [7, 11) is -4.34. The second-order valence-corrected chi connectivity index (χ2v) is 17.9. The molecule has 1 amide bonds. The van der Waals surface area contributed by atoms with Crippen LogP contribution in [0.5, 0.6) is 0 Å². The van der Waals surface area contributed by atoms with Crippen molar-refractivity contribution in [3.8, 4) is 0 Å². The third-order valence-corrected chi connectivity index (χ3v) is 11.7. The summed E-state index contributed by atoms with van der Waals surface area (Å²) in [6.07, 6.45) is 50.6. The zero-order valence-electron chi connectivity index (χ0n) is 35.4. The van der Waals surface area contributed by atoms with E-state index in [0.717, 1.165) is 38.5 Å². The molecule has 0 aromatic heterocycles. The van der Waals surface area contributed by atoms with E-state index in [4.69, 9.17) is 0 Å². The summed E-state index contributed by atoms with van der Waals surface area (Å²) in [5.74, 6) is -0.964. The SMILES string of the molecule is CCCCCCCCCCCCCCCCC/C=C/C(O)C(CS(=O)(=O)O)NC(=O)CCCCCCCCCCCCCCCCCCCCCCC. The van der Waals surface area contributed by atoms with Crippen LogP contribution in [0.1, 0.15) is 258 Å². The molecule has 0 aliphatic carbocycles. The van der Waals surface area contributed by atoms with Crippen LogP contribution in [-0.4, -0.2) is 41.9 Å². The molecule has 0 aromatic rings. The fourth-order valence-corrected chi connectivity index (χ4v) is 8.19. The number of carbonyl (C=O) groups is 1. The first-order valence-corrected chi connectivity index (χ1v) is 25.0. The number of nitrogens with one attached hydrogen (secondary N) is 1. The average Bonchev–Trinajstić information content (AvgIpc) is 3.12. The van der Waals surface area contributed by atoms with Gasteiger partial charge in [-0.3, -0.25) is 9.35 Å². The summed E-state index contributed by atoms with van der Waals surface area (Å²) in [5, 5.41) is 13.3. The predicted molar refractivity (Wildman–Crippen MR) is 230 cm³/mol. The van der Waals surface area contributed by atoms with Crippen LogP contribution in [0, 0.1) is 0 Å². The van der Waals surface area contributed by atoms with E-state index in [1.165, 1.54) is 199 Å². The number of aliphatic hydroxyl groups is 1. The quantitative estimate of drug-likeness (QED) is 0.0325. The summed E-state index contributed by atoms with van der Waals surface area (Å²) in [5.41, 5.74) is 0. The molecular weight excluding hydrogens is 679 g/mol. The highest BCUT2D eigenvalue weighted by molar-refractivity contribution is 7.85. The molecule has 0 saturated carbocycles. The van der Waals surface area contributed by atoms with Gasteiger partial charge in [-0.05, 0) is 19.3 Å². The van der Waals surface area contributed by atoms with Crippen LogP contribution in [0.3, 0.4) is 0 Å². The molecule has 0 bridgehead atoms. The number of rotatable bonds is 43. The van der Waals surface area contributed by atoms with Crippen molar-refractivity contribution in [2.24, 2.45) is 0 Å². The standard InChI is InChI=1S/C46H91NO5S/c1-3-5-7-9-11-13-15-17-19-21-22-23-24-26-28-30-32-34-36-38-40-42-46(49)47-44(43-53(50,51)52)45(48)41-39-37-35-33-31-29-27-25-20-18-16-14-12-10-8-6-4-2/h39,41,44-45,48H,3-38,40,42-43H2,1-2H3,(H,47,49)(H,50,51,52)/b41-39+. The molecule has 0 fully saturated rings. The van der Waals surface area contributed by atoms with Crippen LogP contribution in [0.25, 0.3) is 0 Å². The summed E-state index contributed by atoms with van der Waals surface area (Å²) in [4.78, 5) is 12.6. The minimum absolute atomic E-state index is 0.272. The first-order valence-electron chi connectivity index (χ1n) is 23.4.